The molecule has 3 nitrogen and oxygen atoms in total. The molecule has 4 aromatic rings. The summed E-state index contributed by atoms with van der Waals surface area (Å²) in [5.74, 6) is 0.710. The molecule has 0 bridgehead atoms. The molecule has 33 heavy (non-hydrogen) atoms. The number of hydrogen-bond acceptors (Lipinski definition) is 3. The van der Waals surface area contributed by atoms with Crippen LogP contribution in [-0.4, -0.2) is 15.0 Å². The van der Waals surface area contributed by atoms with Gasteiger partial charge in [0.2, 0.25) is 0 Å². The molecule has 0 atom stereocenters. The quantitative estimate of drug-likeness (QED) is 0.334. The van der Waals surface area contributed by atoms with Crippen LogP contribution in [0.5, 0.6) is 0 Å². The molecule has 0 spiro atoms. The number of pyridine rings is 1. The van der Waals surface area contributed by atoms with Crippen LogP contribution in [0, 0.1) is 5.41 Å². The van der Waals surface area contributed by atoms with Crippen molar-refractivity contribution in [3.8, 4) is 22.6 Å². The highest BCUT2D eigenvalue weighted by molar-refractivity contribution is 5.79. The first-order chi connectivity index (χ1) is 15.6. The number of hydrogen-bond donors (Lipinski definition) is 0. The molecule has 0 aliphatic heterocycles. The van der Waals surface area contributed by atoms with Gasteiger partial charge in [0.05, 0.1) is 11.2 Å². The highest BCUT2D eigenvalue weighted by Crippen LogP contribution is 2.62. The Morgan fingerprint density at radius 2 is 1.45 bits per heavy atom. The van der Waals surface area contributed by atoms with Crippen LogP contribution in [0.1, 0.15) is 65.2 Å². The van der Waals surface area contributed by atoms with Crippen LogP contribution < -0.4 is 0 Å². The summed E-state index contributed by atoms with van der Waals surface area (Å²) < 4.78 is 0. The minimum absolute atomic E-state index is 0.0751. The molecule has 1 aliphatic rings. The van der Waals surface area contributed by atoms with Gasteiger partial charge in [-0.3, -0.25) is 4.98 Å². The minimum atomic E-state index is 0.0751. The van der Waals surface area contributed by atoms with Gasteiger partial charge in [-0.15, -0.1) is 0 Å². The second-order valence-corrected chi connectivity index (χ2v) is 11.0. The van der Waals surface area contributed by atoms with Gasteiger partial charge in [-0.1, -0.05) is 72.7 Å². The van der Waals surface area contributed by atoms with Crippen molar-refractivity contribution in [2.45, 2.75) is 65.7 Å². The zero-order chi connectivity index (χ0) is 23.6. The average molecular weight is 436 g/mol. The Labute approximate surface area is 197 Å². The van der Waals surface area contributed by atoms with Gasteiger partial charge in [-0.05, 0) is 63.6 Å². The molecule has 0 unspecified atom stereocenters. The van der Waals surface area contributed by atoms with Crippen molar-refractivity contribution in [1.82, 2.24) is 15.0 Å². The molecule has 2 aromatic carbocycles. The van der Waals surface area contributed by atoms with E-state index < -0.39 is 0 Å². The van der Waals surface area contributed by atoms with Crippen molar-refractivity contribution in [1.29, 1.82) is 0 Å². The Morgan fingerprint density at radius 1 is 0.758 bits per heavy atom. The fraction of sp³-hybridized carbons (Fsp3) is 0.367. The van der Waals surface area contributed by atoms with Gasteiger partial charge in [0, 0.05) is 28.9 Å². The van der Waals surface area contributed by atoms with Crippen LogP contribution >= 0.6 is 0 Å². The zero-order valence-electron chi connectivity index (χ0n) is 20.8. The number of aryl methyl sites for hydroxylation is 1. The van der Waals surface area contributed by atoms with E-state index in [2.05, 4.69) is 77.7 Å². The minimum Gasteiger partial charge on any atom is -0.255 e. The summed E-state index contributed by atoms with van der Waals surface area (Å²) in [4.78, 5) is 14.2. The monoisotopic (exact) mass is 435 g/mol. The largest absolute Gasteiger partial charge is 0.255 e. The fourth-order valence-corrected chi connectivity index (χ4v) is 5.46. The van der Waals surface area contributed by atoms with E-state index in [1.165, 1.54) is 22.3 Å². The van der Waals surface area contributed by atoms with Gasteiger partial charge in [-0.25, -0.2) is 9.97 Å². The Bertz CT molecular complexity index is 1360. The molecule has 2 heterocycles. The van der Waals surface area contributed by atoms with E-state index in [4.69, 9.17) is 9.97 Å². The molecule has 0 saturated heterocycles. The SMILES string of the molecule is CCc1cc2c(cc1-c1ccc(-c3ncc4ccccc4n3)cn1)C(C)(C)C(C)(C)C2(C)C. The van der Waals surface area contributed by atoms with Crippen molar-refractivity contribution in [3.63, 3.8) is 0 Å². The molecule has 0 saturated carbocycles. The van der Waals surface area contributed by atoms with E-state index in [0.29, 0.717) is 5.82 Å². The van der Waals surface area contributed by atoms with Gasteiger partial charge >= 0.3 is 0 Å². The molecule has 2 aromatic heterocycles. The molecule has 3 heteroatoms. The smallest absolute Gasteiger partial charge is 0.161 e. The summed E-state index contributed by atoms with van der Waals surface area (Å²) in [7, 11) is 0. The molecule has 5 rings (SSSR count). The number of rotatable bonds is 3. The highest BCUT2D eigenvalue weighted by Gasteiger charge is 2.56. The molecule has 1 aliphatic carbocycles. The Hall–Kier alpha value is -3.07. The summed E-state index contributed by atoms with van der Waals surface area (Å²) >= 11 is 0. The number of aromatic nitrogens is 3. The first-order valence-corrected chi connectivity index (χ1v) is 11.9. The molecule has 0 amide bonds. The van der Waals surface area contributed by atoms with Crippen molar-refractivity contribution in [3.05, 3.63) is 77.6 Å². The normalized spacial score (nSPS) is 17.8. The fourth-order valence-electron chi connectivity index (χ4n) is 5.46. The standard InChI is InChI=1S/C30H33N3/c1-8-19-15-23-24(29(4,5)30(6,7)28(23,2)3)16-22(19)26-14-13-21(18-31-26)27-32-17-20-11-9-10-12-25(20)33-27/h9-18H,8H2,1-7H3. The third-order valence-electron chi connectivity index (χ3n) is 8.88. The van der Waals surface area contributed by atoms with Crippen LogP contribution in [0.4, 0.5) is 0 Å². The summed E-state index contributed by atoms with van der Waals surface area (Å²) in [6, 6.07) is 17.1. The second-order valence-electron chi connectivity index (χ2n) is 11.0. The second kappa shape index (κ2) is 7.21. The molecule has 0 N–H and O–H groups in total. The van der Waals surface area contributed by atoms with Gasteiger partial charge < -0.3 is 0 Å². The summed E-state index contributed by atoms with van der Waals surface area (Å²) in [5.41, 5.74) is 8.77. The van der Waals surface area contributed by atoms with E-state index in [0.717, 1.165) is 28.6 Å². The Morgan fingerprint density at radius 3 is 2.12 bits per heavy atom. The van der Waals surface area contributed by atoms with Gasteiger partial charge in [-0.2, -0.15) is 0 Å². The lowest BCUT2D eigenvalue weighted by Crippen LogP contribution is -2.42. The zero-order valence-corrected chi connectivity index (χ0v) is 20.8. The molecule has 0 fully saturated rings. The number of nitrogens with zero attached hydrogens (tertiary/aromatic N) is 3. The lowest BCUT2D eigenvalue weighted by Gasteiger charge is -2.44. The highest BCUT2D eigenvalue weighted by atomic mass is 14.9. The molecular formula is C30H33N3. The van der Waals surface area contributed by atoms with Crippen molar-refractivity contribution in [2.75, 3.05) is 0 Å². The predicted molar refractivity (Wildman–Crippen MR) is 137 cm³/mol. The molecule has 0 radical (unpaired) electrons. The van der Waals surface area contributed by atoms with E-state index in [-0.39, 0.29) is 16.2 Å². The predicted octanol–water partition coefficient (Wildman–Crippen LogP) is 7.52. The summed E-state index contributed by atoms with van der Waals surface area (Å²) in [6.07, 6.45) is 4.77. The van der Waals surface area contributed by atoms with E-state index >= 15 is 0 Å². The Balaban J connectivity index is 1.59. The first kappa shape index (κ1) is 21.8. The average Bonchev–Trinajstić information content (AvgIpc) is 2.92. The van der Waals surface area contributed by atoms with Crippen molar-refractivity contribution >= 4 is 10.9 Å². The van der Waals surface area contributed by atoms with Crippen LogP contribution in [0.3, 0.4) is 0 Å². The summed E-state index contributed by atoms with van der Waals surface area (Å²) in [5, 5.41) is 1.05. The van der Waals surface area contributed by atoms with Crippen LogP contribution in [0.15, 0.2) is 60.9 Å². The maximum absolute atomic E-state index is 4.88. The Kier molecular flexibility index (Phi) is 4.76. The van der Waals surface area contributed by atoms with E-state index in [9.17, 15) is 0 Å². The number of para-hydroxylation sites is 1. The summed E-state index contributed by atoms with van der Waals surface area (Å²) in [6.45, 7) is 16.6. The lowest BCUT2D eigenvalue weighted by atomic mass is 9.59. The maximum Gasteiger partial charge on any atom is 0.161 e. The van der Waals surface area contributed by atoms with Gasteiger partial charge in [0.25, 0.3) is 0 Å². The lowest BCUT2D eigenvalue weighted by molar-refractivity contribution is 0.125. The third kappa shape index (κ3) is 3.05. The number of benzene rings is 2. The van der Waals surface area contributed by atoms with E-state index in [1.807, 2.05) is 36.7 Å². The van der Waals surface area contributed by atoms with Crippen molar-refractivity contribution in [2.24, 2.45) is 5.41 Å². The molecular weight excluding hydrogens is 402 g/mol. The first-order valence-electron chi connectivity index (χ1n) is 11.9. The molecule has 168 valence electrons. The van der Waals surface area contributed by atoms with Crippen LogP contribution in [0.25, 0.3) is 33.5 Å². The third-order valence-corrected chi connectivity index (χ3v) is 8.88. The van der Waals surface area contributed by atoms with Gasteiger partial charge in [0.1, 0.15) is 0 Å². The van der Waals surface area contributed by atoms with Gasteiger partial charge in [0.15, 0.2) is 5.82 Å². The number of fused-ring (bicyclic) bond motifs is 2. The topological polar surface area (TPSA) is 38.7 Å². The van der Waals surface area contributed by atoms with Crippen LogP contribution in [-0.2, 0) is 17.3 Å². The van der Waals surface area contributed by atoms with E-state index in [1.54, 1.807) is 0 Å². The van der Waals surface area contributed by atoms with Crippen molar-refractivity contribution < 1.29 is 0 Å². The van der Waals surface area contributed by atoms with Crippen LogP contribution in [0.2, 0.25) is 0 Å². The maximum atomic E-state index is 4.88.